The van der Waals surface area contributed by atoms with E-state index in [0.717, 1.165) is 30.8 Å². The van der Waals surface area contributed by atoms with Gasteiger partial charge in [-0.15, -0.1) is 0 Å². The molecule has 1 aromatic heterocycles. The first-order valence-electron chi connectivity index (χ1n) is 6.64. The average Bonchev–Trinajstić information content (AvgIpc) is 2.87. The lowest BCUT2D eigenvalue weighted by Crippen LogP contribution is -2.19. The molecule has 0 saturated heterocycles. The second kappa shape index (κ2) is 6.50. The molecule has 1 heterocycles. The Balaban J connectivity index is 2.06. The maximum atomic E-state index is 6.32. The van der Waals surface area contributed by atoms with Crippen molar-refractivity contribution in [2.24, 2.45) is 5.73 Å². The van der Waals surface area contributed by atoms with Crippen molar-refractivity contribution in [2.75, 3.05) is 20.6 Å². The summed E-state index contributed by atoms with van der Waals surface area (Å²) in [5.41, 5.74) is 8.52. The van der Waals surface area contributed by atoms with Crippen molar-refractivity contribution in [1.82, 2.24) is 14.5 Å². The van der Waals surface area contributed by atoms with Crippen LogP contribution in [0.25, 0.3) is 0 Å². The zero-order chi connectivity index (χ0) is 13.7. The standard InChI is InChI=1S/C15H22N4/c1-18(2)9-6-10-19-12-17-11-14(19)15(16)13-7-4-3-5-8-13/h3-5,7-8,11-12,15H,6,9-10,16H2,1-2H3. The average molecular weight is 258 g/mol. The van der Waals surface area contributed by atoms with Crippen molar-refractivity contribution in [3.8, 4) is 0 Å². The van der Waals surface area contributed by atoms with Crippen LogP contribution in [0.15, 0.2) is 42.9 Å². The molecule has 1 atom stereocenters. The van der Waals surface area contributed by atoms with E-state index in [9.17, 15) is 0 Å². The number of hydrogen-bond acceptors (Lipinski definition) is 3. The van der Waals surface area contributed by atoms with Crippen LogP contribution in [0, 0.1) is 0 Å². The first kappa shape index (κ1) is 13.8. The summed E-state index contributed by atoms with van der Waals surface area (Å²) in [6.45, 7) is 2.02. The summed E-state index contributed by atoms with van der Waals surface area (Å²) in [6.07, 6.45) is 4.83. The number of hydrogen-bond donors (Lipinski definition) is 1. The maximum Gasteiger partial charge on any atom is 0.0948 e. The van der Waals surface area contributed by atoms with Crippen molar-refractivity contribution in [1.29, 1.82) is 0 Å². The summed E-state index contributed by atoms with van der Waals surface area (Å²) >= 11 is 0. The highest BCUT2D eigenvalue weighted by molar-refractivity contribution is 5.26. The van der Waals surface area contributed by atoms with E-state index in [0.29, 0.717) is 0 Å². The van der Waals surface area contributed by atoms with Crippen LogP contribution >= 0.6 is 0 Å². The molecule has 1 aromatic carbocycles. The number of benzene rings is 1. The number of imidazole rings is 1. The Morgan fingerprint density at radius 3 is 2.68 bits per heavy atom. The SMILES string of the molecule is CN(C)CCCn1cncc1C(N)c1ccccc1. The van der Waals surface area contributed by atoms with E-state index in [-0.39, 0.29) is 6.04 Å². The Morgan fingerprint density at radius 1 is 1.26 bits per heavy atom. The molecule has 4 nitrogen and oxygen atoms in total. The topological polar surface area (TPSA) is 47.1 Å². The van der Waals surface area contributed by atoms with Crippen LogP contribution in [0.4, 0.5) is 0 Å². The van der Waals surface area contributed by atoms with Gasteiger partial charge in [-0.2, -0.15) is 0 Å². The molecule has 0 spiro atoms. The third-order valence-corrected chi connectivity index (χ3v) is 3.23. The summed E-state index contributed by atoms with van der Waals surface area (Å²) in [4.78, 5) is 6.42. The molecule has 0 fully saturated rings. The van der Waals surface area contributed by atoms with E-state index in [1.54, 1.807) is 0 Å². The number of nitrogens with zero attached hydrogens (tertiary/aromatic N) is 3. The molecular formula is C15H22N4. The Bertz CT molecular complexity index is 490. The van der Waals surface area contributed by atoms with Crippen LogP contribution in [0.1, 0.15) is 23.7 Å². The van der Waals surface area contributed by atoms with Gasteiger partial charge in [0.1, 0.15) is 0 Å². The van der Waals surface area contributed by atoms with Crippen molar-refractivity contribution in [3.63, 3.8) is 0 Å². The normalized spacial score (nSPS) is 12.8. The van der Waals surface area contributed by atoms with Gasteiger partial charge in [-0.1, -0.05) is 30.3 Å². The minimum absolute atomic E-state index is 0.108. The van der Waals surface area contributed by atoms with Gasteiger partial charge in [-0.05, 0) is 32.6 Å². The molecule has 0 aliphatic carbocycles. The molecule has 2 rings (SSSR count). The number of aryl methyl sites for hydroxylation is 1. The molecular weight excluding hydrogens is 236 g/mol. The van der Waals surface area contributed by atoms with E-state index in [4.69, 9.17) is 5.73 Å². The van der Waals surface area contributed by atoms with Crippen LogP contribution in [-0.4, -0.2) is 35.1 Å². The summed E-state index contributed by atoms with van der Waals surface area (Å²) in [6, 6.07) is 10.0. The van der Waals surface area contributed by atoms with Gasteiger partial charge in [-0.25, -0.2) is 4.98 Å². The first-order chi connectivity index (χ1) is 9.18. The molecule has 0 aliphatic heterocycles. The number of nitrogens with two attached hydrogens (primary N) is 1. The lowest BCUT2D eigenvalue weighted by molar-refractivity contribution is 0.384. The van der Waals surface area contributed by atoms with Gasteiger partial charge in [0.05, 0.1) is 24.3 Å². The molecule has 0 bridgehead atoms. The molecule has 0 saturated carbocycles. The molecule has 2 aromatic rings. The summed E-state index contributed by atoms with van der Waals surface area (Å²) in [7, 11) is 4.18. The predicted molar refractivity (Wildman–Crippen MR) is 77.9 cm³/mol. The van der Waals surface area contributed by atoms with Crippen LogP contribution in [0.3, 0.4) is 0 Å². The van der Waals surface area contributed by atoms with Crippen molar-refractivity contribution in [2.45, 2.75) is 19.0 Å². The third-order valence-electron chi connectivity index (χ3n) is 3.23. The fraction of sp³-hybridized carbons (Fsp3) is 0.400. The Kier molecular flexibility index (Phi) is 4.71. The van der Waals surface area contributed by atoms with Crippen LogP contribution in [0.2, 0.25) is 0 Å². The summed E-state index contributed by atoms with van der Waals surface area (Å²) in [5.74, 6) is 0. The monoisotopic (exact) mass is 258 g/mol. The lowest BCUT2D eigenvalue weighted by atomic mass is 10.1. The second-order valence-electron chi connectivity index (χ2n) is 5.06. The van der Waals surface area contributed by atoms with E-state index in [1.807, 2.05) is 30.7 Å². The van der Waals surface area contributed by atoms with Gasteiger partial charge in [0, 0.05) is 6.54 Å². The maximum absolute atomic E-state index is 6.32. The minimum atomic E-state index is -0.108. The smallest absolute Gasteiger partial charge is 0.0948 e. The first-order valence-corrected chi connectivity index (χ1v) is 6.64. The number of rotatable bonds is 6. The summed E-state index contributed by atoms with van der Waals surface area (Å²) < 4.78 is 2.15. The molecule has 102 valence electrons. The lowest BCUT2D eigenvalue weighted by Gasteiger charge is -2.16. The van der Waals surface area contributed by atoms with E-state index >= 15 is 0 Å². The molecule has 0 radical (unpaired) electrons. The van der Waals surface area contributed by atoms with Crippen LogP contribution in [-0.2, 0) is 6.54 Å². The summed E-state index contributed by atoms with van der Waals surface area (Å²) in [5, 5.41) is 0. The van der Waals surface area contributed by atoms with E-state index in [2.05, 4.69) is 40.7 Å². The fourth-order valence-corrected chi connectivity index (χ4v) is 2.17. The van der Waals surface area contributed by atoms with Gasteiger partial charge in [-0.3, -0.25) is 0 Å². The van der Waals surface area contributed by atoms with Gasteiger partial charge in [0.15, 0.2) is 0 Å². The fourth-order valence-electron chi connectivity index (χ4n) is 2.17. The molecule has 2 N–H and O–H groups in total. The minimum Gasteiger partial charge on any atom is -0.333 e. The number of aromatic nitrogens is 2. The van der Waals surface area contributed by atoms with Gasteiger partial charge in [0.25, 0.3) is 0 Å². The van der Waals surface area contributed by atoms with Crippen LogP contribution < -0.4 is 5.73 Å². The quantitative estimate of drug-likeness (QED) is 0.860. The van der Waals surface area contributed by atoms with Gasteiger partial charge >= 0.3 is 0 Å². The molecule has 4 heteroatoms. The molecule has 0 aliphatic rings. The predicted octanol–water partition coefficient (Wildman–Crippen LogP) is 1.88. The molecule has 19 heavy (non-hydrogen) atoms. The Labute approximate surface area is 114 Å². The van der Waals surface area contributed by atoms with Crippen molar-refractivity contribution >= 4 is 0 Å². The van der Waals surface area contributed by atoms with Crippen LogP contribution in [0.5, 0.6) is 0 Å². The van der Waals surface area contributed by atoms with E-state index in [1.165, 1.54) is 0 Å². The zero-order valence-corrected chi connectivity index (χ0v) is 11.7. The van der Waals surface area contributed by atoms with Gasteiger partial charge < -0.3 is 15.2 Å². The highest BCUT2D eigenvalue weighted by Gasteiger charge is 2.13. The van der Waals surface area contributed by atoms with Gasteiger partial charge in [0.2, 0.25) is 0 Å². The molecule has 0 amide bonds. The zero-order valence-electron chi connectivity index (χ0n) is 11.7. The Hall–Kier alpha value is -1.65. The van der Waals surface area contributed by atoms with Crippen molar-refractivity contribution < 1.29 is 0 Å². The highest BCUT2D eigenvalue weighted by atomic mass is 15.1. The molecule has 1 unspecified atom stereocenters. The van der Waals surface area contributed by atoms with E-state index < -0.39 is 0 Å². The largest absolute Gasteiger partial charge is 0.333 e. The third kappa shape index (κ3) is 3.66. The highest BCUT2D eigenvalue weighted by Crippen LogP contribution is 2.19. The Morgan fingerprint density at radius 2 is 2.00 bits per heavy atom. The van der Waals surface area contributed by atoms with Crippen molar-refractivity contribution in [3.05, 3.63) is 54.1 Å². The second-order valence-corrected chi connectivity index (χ2v) is 5.06.